The summed E-state index contributed by atoms with van der Waals surface area (Å²) in [6.07, 6.45) is 10.6. The summed E-state index contributed by atoms with van der Waals surface area (Å²) in [6.45, 7) is 7.61. The van der Waals surface area contributed by atoms with Crippen molar-refractivity contribution in [2.75, 3.05) is 31.1 Å². The number of aromatic nitrogens is 2. The van der Waals surface area contributed by atoms with Gasteiger partial charge in [-0.1, -0.05) is 0 Å². The highest BCUT2D eigenvalue weighted by molar-refractivity contribution is 5.92. The molecule has 5 aliphatic rings. The summed E-state index contributed by atoms with van der Waals surface area (Å²) >= 11 is 0. The van der Waals surface area contributed by atoms with E-state index in [0.29, 0.717) is 17.8 Å². The van der Waals surface area contributed by atoms with Gasteiger partial charge in [0.05, 0.1) is 11.6 Å². The average Bonchev–Trinajstić information content (AvgIpc) is 2.81. The van der Waals surface area contributed by atoms with Gasteiger partial charge in [0.25, 0.3) is 0 Å². The minimum Gasteiger partial charge on any atom is -0.369 e. The van der Waals surface area contributed by atoms with Crippen molar-refractivity contribution < 1.29 is 4.79 Å². The molecule has 6 rings (SSSR count). The van der Waals surface area contributed by atoms with Crippen LogP contribution in [0.4, 0.5) is 5.95 Å². The predicted molar refractivity (Wildman–Crippen MR) is 125 cm³/mol. The van der Waals surface area contributed by atoms with E-state index in [9.17, 15) is 10.1 Å². The van der Waals surface area contributed by atoms with Crippen LogP contribution in [0, 0.1) is 34.6 Å². The highest BCUT2D eigenvalue weighted by Crippen LogP contribution is 2.60. The van der Waals surface area contributed by atoms with Crippen LogP contribution in [0.5, 0.6) is 0 Å². The van der Waals surface area contributed by atoms with Crippen LogP contribution in [0.15, 0.2) is 23.5 Å². The Kier molecular flexibility index (Phi) is 5.52. The lowest BCUT2D eigenvalue weighted by Gasteiger charge is -2.58. The van der Waals surface area contributed by atoms with Gasteiger partial charge < -0.3 is 10.6 Å². The smallest absolute Gasteiger partial charge is 0.225 e. The lowest BCUT2D eigenvalue weighted by Crippen LogP contribution is -2.61. The Morgan fingerprint density at radius 1 is 1.18 bits per heavy atom. The molecule has 4 saturated carbocycles. The van der Waals surface area contributed by atoms with Crippen molar-refractivity contribution >= 4 is 17.7 Å². The van der Waals surface area contributed by atoms with Crippen LogP contribution < -0.4 is 16.0 Å². The summed E-state index contributed by atoms with van der Waals surface area (Å²) in [7, 11) is 0. The first-order valence-electron chi connectivity index (χ1n) is 12.1. The van der Waals surface area contributed by atoms with Crippen LogP contribution in [0.25, 0.3) is 0 Å². The molecule has 0 aromatic carbocycles. The van der Waals surface area contributed by atoms with Gasteiger partial charge in [0.15, 0.2) is 6.19 Å². The van der Waals surface area contributed by atoms with E-state index in [1.807, 2.05) is 6.07 Å². The zero-order valence-electron chi connectivity index (χ0n) is 19.6. The van der Waals surface area contributed by atoms with Gasteiger partial charge in [-0.3, -0.25) is 20.0 Å². The SMILES string of the molecule is CC(C)(C(=NC1C2CC3CC1CC(C(N)=O)(C3)C2)NC#N)N1CCN(c2ncccn2)CC1. The maximum Gasteiger partial charge on any atom is 0.225 e. The minimum atomic E-state index is -0.407. The predicted octanol–water partition coefficient (Wildman–Crippen LogP) is 1.53. The standard InChI is InChI=1S/C24H34N8O/c1-23(2,32-8-6-31(7-9-32)22-27-4-3-5-28-22)21(29-15-25)30-19-17-10-16-11-18(19)14-24(12-16,13-17)20(26)33/h3-5,16-19H,6-14H2,1-2H3,(H2,26,33)(H,29,30). The molecule has 4 aliphatic carbocycles. The molecule has 0 spiro atoms. The lowest BCUT2D eigenvalue weighted by molar-refractivity contribution is -0.144. The highest BCUT2D eigenvalue weighted by atomic mass is 16.1. The van der Waals surface area contributed by atoms with Gasteiger partial charge in [0.2, 0.25) is 11.9 Å². The molecule has 2 unspecified atom stereocenters. The van der Waals surface area contributed by atoms with Gasteiger partial charge in [0.1, 0.15) is 5.84 Å². The van der Waals surface area contributed by atoms with E-state index in [2.05, 4.69) is 45.1 Å². The van der Waals surface area contributed by atoms with Crippen molar-refractivity contribution in [1.82, 2.24) is 20.2 Å². The zero-order valence-corrected chi connectivity index (χ0v) is 19.6. The van der Waals surface area contributed by atoms with Crippen LogP contribution in [0.2, 0.25) is 0 Å². The molecule has 1 amide bonds. The number of carbonyl (C=O) groups is 1. The summed E-state index contributed by atoms with van der Waals surface area (Å²) in [5.41, 5.74) is 5.13. The maximum absolute atomic E-state index is 12.3. The number of hydrogen-bond acceptors (Lipinski definition) is 7. The number of hydrogen-bond donors (Lipinski definition) is 2. The average molecular weight is 451 g/mol. The maximum atomic E-state index is 12.3. The number of aliphatic imine (C=N–C) groups is 1. The quantitative estimate of drug-likeness (QED) is 0.302. The van der Waals surface area contributed by atoms with E-state index in [-0.39, 0.29) is 17.4 Å². The first kappa shape index (κ1) is 22.1. The Morgan fingerprint density at radius 2 is 1.82 bits per heavy atom. The number of anilines is 1. The highest BCUT2D eigenvalue weighted by Gasteiger charge is 2.58. The summed E-state index contributed by atoms with van der Waals surface area (Å²) in [5, 5.41) is 12.5. The number of nitrogens with two attached hydrogens (primary N) is 1. The van der Waals surface area contributed by atoms with Gasteiger partial charge in [-0.15, -0.1) is 0 Å². The molecule has 176 valence electrons. The topological polar surface area (TPSA) is 124 Å². The second kappa shape index (κ2) is 8.24. The van der Waals surface area contributed by atoms with E-state index in [1.165, 1.54) is 0 Å². The molecule has 3 N–H and O–H groups in total. The van der Waals surface area contributed by atoms with E-state index < -0.39 is 5.54 Å². The summed E-state index contributed by atoms with van der Waals surface area (Å²) in [6, 6.07) is 1.98. The van der Waals surface area contributed by atoms with Crippen LogP contribution in [-0.2, 0) is 4.79 Å². The Hall–Kier alpha value is -2.73. The van der Waals surface area contributed by atoms with Crippen LogP contribution in [0.3, 0.4) is 0 Å². The fourth-order valence-electron chi connectivity index (χ4n) is 7.13. The Balaban J connectivity index is 1.33. The van der Waals surface area contributed by atoms with E-state index in [1.54, 1.807) is 12.4 Å². The van der Waals surface area contributed by atoms with Crippen molar-refractivity contribution in [3.63, 3.8) is 0 Å². The molecule has 9 nitrogen and oxygen atoms in total. The first-order chi connectivity index (χ1) is 15.8. The van der Waals surface area contributed by atoms with E-state index >= 15 is 0 Å². The van der Waals surface area contributed by atoms with Crippen molar-refractivity contribution in [2.24, 2.45) is 33.9 Å². The third kappa shape index (κ3) is 3.84. The monoisotopic (exact) mass is 450 g/mol. The molecular weight excluding hydrogens is 416 g/mol. The zero-order chi connectivity index (χ0) is 23.2. The fourth-order valence-corrected chi connectivity index (χ4v) is 7.13. The Bertz CT molecular complexity index is 946. The Morgan fingerprint density at radius 3 is 2.39 bits per heavy atom. The summed E-state index contributed by atoms with van der Waals surface area (Å²) in [4.78, 5) is 30.9. The number of piperazine rings is 1. The summed E-state index contributed by atoms with van der Waals surface area (Å²) in [5.74, 6) is 2.72. The molecule has 2 heterocycles. The van der Waals surface area contributed by atoms with Gasteiger partial charge >= 0.3 is 0 Å². The van der Waals surface area contributed by atoms with Crippen molar-refractivity contribution in [3.05, 3.63) is 18.5 Å². The summed E-state index contributed by atoms with van der Waals surface area (Å²) < 4.78 is 0. The molecule has 1 aromatic rings. The van der Waals surface area contributed by atoms with Crippen molar-refractivity contribution in [3.8, 4) is 6.19 Å². The first-order valence-corrected chi connectivity index (χ1v) is 12.1. The number of carbonyl (C=O) groups excluding carboxylic acids is 1. The number of amidine groups is 1. The second-order valence-corrected chi connectivity index (χ2v) is 10.9. The molecule has 5 fully saturated rings. The molecule has 1 aliphatic heterocycles. The van der Waals surface area contributed by atoms with E-state index in [4.69, 9.17) is 10.7 Å². The normalized spacial score (nSPS) is 34.2. The van der Waals surface area contributed by atoms with Crippen LogP contribution in [-0.4, -0.2) is 64.4 Å². The second-order valence-electron chi connectivity index (χ2n) is 10.9. The van der Waals surface area contributed by atoms with Crippen LogP contribution >= 0.6 is 0 Å². The van der Waals surface area contributed by atoms with E-state index in [0.717, 1.165) is 70.1 Å². The van der Waals surface area contributed by atoms with Crippen molar-refractivity contribution in [1.29, 1.82) is 5.26 Å². The number of nitrogens with one attached hydrogen (secondary N) is 1. The molecule has 9 heteroatoms. The molecule has 4 bridgehead atoms. The fraction of sp³-hybridized carbons (Fsp3) is 0.708. The van der Waals surface area contributed by atoms with Gasteiger partial charge in [-0.25, -0.2) is 9.97 Å². The number of nitrogens with zero attached hydrogens (tertiary/aromatic N) is 6. The molecular formula is C24H34N8O. The molecule has 33 heavy (non-hydrogen) atoms. The molecule has 0 radical (unpaired) electrons. The van der Waals surface area contributed by atoms with Gasteiger partial charge in [-0.05, 0) is 69.8 Å². The molecule has 2 atom stereocenters. The molecule has 1 aromatic heterocycles. The Labute approximate surface area is 195 Å². The third-order valence-corrected chi connectivity index (χ3v) is 8.68. The minimum absolute atomic E-state index is 0.125. The van der Waals surface area contributed by atoms with Crippen LogP contribution in [0.1, 0.15) is 46.0 Å². The number of rotatable bonds is 5. The van der Waals surface area contributed by atoms with Gasteiger partial charge in [0, 0.05) is 44.0 Å². The number of nitriles is 1. The lowest BCUT2D eigenvalue weighted by atomic mass is 9.48. The molecule has 1 saturated heterocycles. The largest absolute Gasteiger partial charge is 0.369 e. The van der Waals surface area contributed by atoms with Crippen molar-refractivity contribution in [2.45, 2.75) is 57.5 Å². The number of primary amides is 1. The third-order valence-electron chi connectivity index (χ3n) is 8.68. The number of amides is 1. The van der Waals surface area contributed by atoms with Gasteiger partial charge in [-0.2, -0.15) is 5.26 Å².